The highest BCUT2D eigenvalue weighted by atomic mass is 19.1. The van der Waals surface area contributed by atoms with Gasteiger partial charge in [0.15, 0.2) is 0 Å². The van der Waals surface area contributed by atoms with E-state index >= 15 is 0 Å². The number of nitrogens with one attached hydrogen (secondary N) is 1. The predicted octanol–water partition coefficient (Wildman–Crippen LogP) is 4.07. The second-order valence-electron chi connectivity index (χ2n) is 6.13. The van der Waals surface area contributed by atoms with Gasteiger partial charge in [0.05, 0.1) is 5.69 Å². The average Bonchev–Trinajstić information content (AvgIpc) is 2.43. The highest BCUT2D eigenvalue weighted by molar-refractivity contribution is 5.47. The van der Waals surface area contributed by atoms with Crippen LogP contribution in [-0.4, -0.2) is 25.7 Å². The molecule has 0 aliphatic carbocycles. The maximum absolute atomic E-state index is 13.9. The second-order valence-corrected chi connectivity index (χ2v) is 6.13. The lowest BCUT2D eigenvalue weighted by Crippen LogP contribution is -2.47. The molecule has 0 saturated carbocycles. The molecule has 1 N–H and O–H groups in total. The molecule has 1 aromatic carbocycles. The summed E-state index contributed by atoms with van der Waals surface area (Å²) in [5, 5.41) is 3.55. The van der Waals surface area contributed by atoms with Crippen molar-refractivity contribution >= 4 is 5.69 Å². The molecule has 0 amide bonds. The van der Waals surface area contributed by atoms with Crippen molar-refractivity contribution in [1.82, 2.24) is 5.32 Å². The number of benzene rings is 1. The zero-order valence-electron chi connectivity index (χ0n) is 13.5. The van der Waals surface area contributed by atoms with E-state index in [2.05, 4.69) is 44.8 Å². The summed E-state index contributed by atoms with van der Waals surface area (Å²) in [7, 11) is 0. The molecule has 0 heterocycles. The number of halogens is 1. The number of para-hydroxylation sites is 1. The van der Waals surface area contributed by atoms with E-state index in [1.807, 2.05) is 12.1 Å². The van der Waals surface area contributed by atoms with Crippen LogP contribution < -0.4 is 10.2 Å². The van der Waals surface area contributed by atoms with Crippen molar-refractivity contribution in [3.8, 4) is 0 Å². The molecule has 1 unspecified atom stereocenters. The zero-order valence-corrected chi connectivity index (χ0v) is 13.5. The van der Waals surface area contributed by atoms with Crippen molar-refractivity contribution in [2.45, 2.75) is 47.1 Å². The Kier molecular flexibility index (Phi) is 6.47. The van der Waals surface area contributed by atoms with Crippen LogP contribution >= 0.6 is 0 Å². The second kappa shape index (κ2) is 7.63. The first-order chi connectivity index (χ1) is 9.42. The van der Waals surface area contributed by atoms with Crippen LogP contribution in [0.15, 0.2) is 24.3 Å². The molecule has 0 bridgehead atoms. The van der Waals surface area contributed by atoms with E-state index in [1.165, 1.54) is 6.07 Å². The van der Waals surface area contributed by atoms with Gasteiger partial charge in [-0.05, 0) is 44.4 Å². The SMILES string of the molecule is CCCNC(C)C(C)(C)CN(CC)c1ccccc1F. The first kappa shape index (κ1) is 17.0. The van der Waals surface area contributed by atoms with Gasteiger partial charge < -0.3 is 10.2 Å². The highest BCUT2D eigenvalue weighted by Gasteiger charge is 2.28. The van der Waals surface area contributed by atoms with Crippen molar-refractivity contribution in [2.75, 3.05) is 24.5 Å². The van der Waals surface area contributed by atoms with Crippen LogP contribution in [0.4, 0.5) is 10.1 Å². The minimum absolute atomic E-state index is 0.0768. The van der Waals surface area contributed by atoms with Crippen LogP contribution in [0, 0.1) is 11.2 Å². The molecule has 0 spiro atoms. The molecule has 2 nitrogen and oxygen atoms in total. The number of hydrogen-bond acceptors (Lipinski definition) is 2. The van der Waals surface area contributed by atoms with E-state index in [4.69, 9.17) is 0 Å². The number of nitrogens with zero attached hydrogens (tertiary/aromatic N) is 1. The lowest BCUT2D eigenvalue weighted by Gasteiger charge is -2.38. The molecule has 0 aromatic heterocycles. The van der Waals surface area contributed by atoms with Crippen molar-refractivity contribution < 1.29 is 4.39 Å². The Labute approximate surface area is 123 Å². The Morgan fingerprint density at radius 2 is 1.90 bits per heavy atom. The van der Waals surface area contributed by atoms with E-state index in [0.717, 1.165) is 26.1 Å². The summed E-state index contributed by atoms with van der Waals surface area (Å²) < 4.78 is 13.9. The van der Waals surface area contributed by atoms with E-state index in [-0.39, 0.29) is 11.2 Å². The molecular formula is C17H29FN2. The Morgan fingerprint density at radius 1 is 1.25 bits per heavy atom. The van der Waals surface area contributed by atoms with Crippen LogP contribution in [0.5, 0.6) is 0 Å². The van der Waals surface area contributed by atoms with Gasteiger partial charge in [-0.15, -0.1) is 0 Å². The van der Waals surface area contributed by atoms with Gasteiger partial charge in [0.2, 0.25) is 0 Å². The fourth-order valence-electron chi connectivity index (χ4n) is 2.34. The van der Waals surface area contributed by atoms with Crippen molar-refractivity contribution in [3.05, 3.63) is 30.1 Å². The van der Waals surface area contributed by atoms with Crippen molar-refractivity contribution in [2.24, 2.45) is 5.41 Å². The van der Waals surface area contributed by atoms with Gasteiger partial charge in [-0.3, -0.25) is 0 Å². The molecule has 0 saturated heterocycles. The maximum Gasteiger partial charge on any atom is 0.146 e. The van der Waals surface area contributed by atoms with E-state index in [0.29, 0.717) is 11.7 Å². The quantitative estimate of drug-likeness (QED) is 0.772. The Hall–Kier alpha value is -1.09. The highest BCUT2D eigenvalue weighted by Crippen LogP contribution is 2.27. The van der Waals surface area contributed by atoms with E-state index < -0.39 is 0 Å². The minimum atomic E-state index is -0.140. The Balaban J connectivity index is 2.79. The summed E-state index contributed by atoms with van der Waals surface area (Å²) in [5.41, 5.74) is 0.777. The van der Waals surface area contributed by atoms with Crippen LogP contribution in [0.3, 0.4) is 0 Å². The molecule has 0 radical (unpaired) electrons. The van der Waals surface area contributed by atoms with Gasteiger partial charge in [-0.25, -0.2) is 4.39 Å². The largest absolute Gasteiger partial charge is 0.369 e. The predicted molar refractivity (Wildman–Crippen MR) is 85.8 cm³/mol. The van der Waals surface area contributed by atoms with Gasteiger partial charge in [0.1, 0.15) is 5.82 Å². The monoisotopic (exact) mass is 280 g/mol. The van der Waals surface area contributed by atoms with Gasteiger partial charge in [-0.1, -0.05) is 32.9 Å². The van der Waals surface area contributed by atoms with Crippen LogP contribution in [0.25, 0.3) is 0 Å². The minimum Gasteiger partial charge on any atom is -0.369 e. The molecule has 1 aromatic rings. The van der Waals surface area contributed by atoms with Gasteiger partial charge >= 0.3 is 0 Å². The normalized spacial score (nSPS) is 13.3. The lowest BCUT2D eigenvalue weighted by atomic mass is 9.84. The molecular weight excluding hydrogens is 251 g/mol. The third-order valence-electron chi connectivity index (χ3n) is 4.05. The number of hydrogen-bond donors (Lipinski definition) is 1. The summed E-state index contributed by atoms with van der Waals surface area (Å²) in [6.45, 7) is 13.6. The summed E-state index contributed by atoms with van der Waals surface area (Å²) >= 11 is 0. The molecule has 1 rings (SSSR count). The smallest absolute Gasteiger partial charge is 0.146 e. The lowest BCUT2D eigenvalue weighted by molar-refractivity contribution is 0.260. The van der Waals surface area contributed by atoms with E-state index in [1.54, 1.807) is 6.07 Å². The Morgan fingerprint density at radius 3 is 2.45 bits per heavy atom. The summed E-state index contributed by atoms with van der Waals surface area (Å²) in [4.78, 5) is 2.12. The van der Waals surface area contributed by atoms with Crippen LogP contribution in [0.2, 0.25) is 0 Å². The fourth-order valence-corrected chi connectivity index (χ4v) is 2.34. The Bertz CT molecular complexity index is 404. The van der Waals surface area contributed by atoms with Crippen molar-refractivity contribution in [3.63, 3.8) is 0 Å². The maximum atomic E-state index is 13.9. The number of anilines is 1. The van der Waals surface area contributed by atoms with Gasteiger partial charge in [0, 0.05) is 19.1 Å². The van der Waals surface area contributed by atoms with Crippen LogP contribution in [-0.2, 0) is 0 Å². The fraction of sp³-hybridized carbons (Fsp3) is 0.647. The van der Waals surface area contributed by atoms with Crippen molar-refractivity contribution in [1.29, 1.82) is 0 Å². The molecule has 20 heavy (non-hydrogen) atoms. The third kappa shape index (κ3) is 4.48. The molecule has 0 aliphatic heterocycles. The van der Waals surface area contributed by atoms with Crippen LogP contribution in [0.1, 0.15) is 41.0 Å². The first-order valence-electron chi connectivity index (χ1n) is 7.65. The average molecular weight is 280 g/mol. The van der Waals surface area contributed by atoms with Gasteiger partial charge in [0.25, 0.3) is 0 Å². The van der Waals surface area contributed by atoms with Gasteiger partial charge in [-0.2, -0.15) is 0 Å². The number of rotatable bonds is 8. The summed E-state index contributed by atoms with van der Waals surface area (Å²) in [5.74, 6) is -0.140. The molecule has 1 atom stereocenters. The zero-order chi connectivity index (χ0) is 15.2. The third-order valence-corrected chi connectivity index (χ3v) is 4.05. The molecule has 0 aliphatic rings. The summed E-state index contributed by atoms with van der Waals surface area (Å²) in [6, 6.07) is 7.42. The summed E-state index contributed by atoms with van der Waals surface area (Å²) in [6.07, 6.45) is 1.13. The standard InChI is InChI=1S/C17H29FN2/c1-6-12-19-14(3)17(4,5)13-20(7-2)16-11-9-8-10-15(16)18/h8-11,14,19H,6-7,12-13H2,1-5H3. The first-order valence-corrected chi connectivity index (χ1v) is 7.65. The molecule has 0 fully saturated rings. The molecule has 3 heteroatoms. The molecule has 114 valence electrons. The topological polar surface area (TPSA) is 15.3 Å². The van der Waals surface area contributed by atoms with E-state index in [9.17, 15) is 4.39 Å².